The lowest BCUT2D eigenvalue weighted by molar-refractivity contribution is -0.941. The number of piperazine rings is 3. The number of halogens is 3. The van der Waals surface area contributed by atoms with Gasteiger partial charge in [0.1, 0.15) is 34.4 Å². The Balaban J connectivity index is 0.00000523. The molecule has 12 heteroatoms. The van der Waals surface area contributed by atoms with Gasteiger partial charge >= 0.3 is 0 Å². The summed E-state index contributed by atoms with van der Waals surface area (Å²) in [6.45, 7) is 15.8. The molecular formula is C40H49BrF2N4O5. The van der Waals surface area contributed by atoms with Crippen molar-refractivity contribution in [3.05, 3.63) is 88.2 Å². The maximum absolute atomic E-state index is 14.2. The summed E-state index contributed by atoms with van der Waals surface area (Å²) >= 11 is 0. The van der Waals surface area contributed by atoms with Crippen LogP contribution in [0.5, 0.6) is 17.2 Å². The molecular weight excluding hydrogens is 734 g/mol. The van der Waals surface area contributed by atoms with Crippen molar-refractivity contribution in [3.8, 4) is 22.9 Å². The van der Waals surface area contributed by atoms with Crippen molar-refractivity contribution < 1.29 is 49.3 Å². The van der Waals surface area contributed by atoms with Gasteiger partial charge in [-0.05, 0) is 70.7 Å². The van der Waals surface area contributed by atoms with E-state index in [4.69, 9.17) is 14.2 Å². The molecule has 4 aromatic rings. The quantitative estimate of drug-likeness (QED) is 0.127. The summed E-state index contributed by atoms with van der Waals surface area (Å²) in [4.78, 5) is 31.8. The van der Waals surface area contributed by atoms with E-state index in [1.54, 1.807) is 29.7 Å². The van der Waals surface area contributed by atoms with E-state index >= 15 is 0 Å². The largest absolute Gasteiger partial charge is 1.00 e. The zero-order chi connectivity index (χ0) is 36.0. The summed E-state index contributed by atoms with van der Waals surface area (Å²) in [6.07, 6.45) is 5.90. The summed E-state index contributed by atoms with van der Waals surface area (Å²) in [6, 6.07) is 13.5. The molecule has 0 atom stereocenters. The summed E-state index contributed by atoms with van der Waals surface area (Å²) in [5.41, 5.74) is 0.493. The highest BCUT2D eigenvalue weighted by Crippen LogP contribution is 2.30. The fourth-order valence-electron chi connectivity index (χ4n) is 7.40. The molecule has 0 spiro atoms. The van der Waals surface area contributed by atoms with Crippen LogP contribution in [0.2, 0.25) is 0 Å². The maximum Gasteiger partial charge on any atom is 0.263 e. The number of aromatic nitrogens is 1. The minimum Gasteiger partial charge on any atom is -1.00 e. The van der Waals surface area contributed by atoms with E-state index in [1.165, 1.54) is 74.2 Å². The number of nitrogens with zero attached hydrogens (tertiary/aromatic N) is 4. The first-order chi connectivity index (χ1) is 24.7. The first-order valence-electron chi connectivity index (χ1n) is 18.3. The zero-order valence-electron chi connectivity index (χ0n) is 30.3. The number of carbonyl (C=O) groups excluding carboxylic acids is 1. The average molecular weight is 784 g/mol. The Labute approximate surface area is 315 Å². The third kappa shape index (κ3) is 8.95. The number of fused-ring (bicyclic) bond motifs is 4. The Bertz CT molecular complexity index is 1860. The Morgan fingerprint density at radius 1 is 0.788 bits per heavy atom. The predicted molar refractivity (Wildman–Crippen MR) is 196 cm³/mol. The fourth-order valence-corrected chi connectivity index (χ4v) is 7.40. The molecule has 3 aliphatic heterocycles. The van der Waals surface area contributed by atoms with Crippen molar-refractivity contribution >= 4 is 22.5 Å². The van der Waals surface area contributed by atoms with Crippen LogP contribution in [-0.2, 0) is 0 Å². The third-order valence-corrected chi connectivity index (χ3v) is 10.2. The van der Waals surface area contributed by atoms with Crippen LogP contribution < -0.4 is 41.5 Å². The van der Waals surface area contributed by atoms with Crippen molar-refractivity contribution in [2.45, 2.75) is 46.5 Å². The van der Waals surface area contributed by atoms with Crippen molar-refractivity contribution in [3.63, 3.8) is 0 Å². The number of ether oxygens (including phenoxy) is 3. The SMILES string of the molecule is CCOc1cc(OCC)cc(-n2cc(C(=O)N(CC)c3cc(F)cc(F)c3)c(=O)c3ccc(OCCCCCC[N+]45CCN(CC4)CC5)cc32)c1.[Br-]. The van der Waals surface area contributed by atoms with Crippen LogP contribution in [0.3, 0.4) is 0 Å². The number of carbonyl (C=O) groups is 1. The molecule has 0 aliphatic carbocycles. The van der Waals surface area contributed by atoms with Crippen molar-refractivity contribution in [2.24, 2.45) is 0 Å². The van der Waals surface area contributed by atoms with Gasteiger partial charge in [0.05, 0.1) is 57.2 Å². The minimum atomic E-state index is -0.820. The van der Waals surface area contributed by atoms with Gasteiger partial charge in [-0.1, -0.05) is 0 Å². The van der Waals surface area contributed by atoms with Crippen LogP contribution in [0.15, 0.2) is 65.6 Å². The highest BCUT2D eigenvalue weighted by molar-refractivity contribution is 6.07. The lowest BCUT2D eigenvalue weighted by Gasteiger charge is -2.50. The topological polar surface area (TPSA) is 73.2 Å². The Kier molecular flexibility index (Phi) is 13.3. The van der Waals surface area contributed by atoms with E-state index in [9.17, 15) is 18.4 Å². The van der Waals surface area contributed by atoms with Crippen LogP contribution in [0, 0.1) is 11.6 Å². The number of hydrogen-bond donors (Lipinski definition) is 0. The summed E-state index contributed by atoms with van der Waals surface area (Å²) in [5, 5.41) is 0.292. The van der Waals surface area contributed by atoms with Crippen LogP contribution in [0.4, 0.5) is 14.5 Å². The lowest BCUT2D eigenvalue weighted by atomic mass is 10.1. The normalized spacial score (nSPS) is 17.8. The molecule has 2 bridgehead atoms. The van der Waals surface area contributed by atoms with E-state index < -0.39 is 23.0 Å². The second kappa shape index (κ2) is 17.7. The second-order valence-electron chi connectivity index (χ2n) is 13.5. The number of amides is 1. The number of anilines is 1. The molecule has 1 amide bonds. The number of hydrogen-bond acceptors (Lipinski definition) is 6. The number of pyridine rings is 1. The second-order valence-corrected chi connectivity index (χ2v) is 13.5. The number of benzene rings is 3. The van der Waals surface area contributed by atoms with Gasteiger partial charge in [0.2, 0.25) is 5.43 Å². The predicted octanol–water partition coefficient (Wildman–Crippen LogP) is 3.82. The summed E-state index contributed by atoms with van der Waals surface area (Å²) in [5.74, 6) is -0.594. The first-order valence-corrected chi connectivity index (χ1v) is 18.3. The molecule has 0 unspecified atom stereocenters. The Hall–Kier alpha value is -4.00. The average Bonchev–Trinajstić information content (AvgIpc) is 3.12. The third-order valence-electron chi connectivity index (χ3n) is 10.2. The van der Waals surface area contributed by atoms with E-state index in [0.29, 0.717) is 53.7 Å². The van der Waals surface area contributed by atoms with E-state index in [1.807, 2.05) is 32.0 Å². The molecule has 0 N–H and O–H groups in total. The van der Waals surface area contributed by atoms with Crippen molar-refractivity contribution in [2.75, 3.05) is 77.1 Å². The molecule has 52 heavy (non-hydrogen) atoms. The minimum absolute atomic E-state index is 0. The van der Waals surface area contributed by atoms with E-state index in [-0.39, 0.29) is 34.8 Å². The monoisotopic (exact) mass is 782 g/mol. The van der Waals surface area contributed by atoms with Crippen LogP contribution >= 0.6 is 0 Å². The molecule has 7 rings (SSSR count). The molecule has 9 nitrogen and oxygen atoms in total. The first kappa shape index (κ1) is 39.2. The van der Waals surface area contributed by atoms with Crippen molar-refractivity contribution in [1.82, 2.24) is 9.47 Å². The van der Waals surface area contributed by atoms with Crippen molar-refractivity contribution in [1.29, 1.82) is 0 Å². The van der Waals surface area contributed by atoms with E-state index in [2.05, 4.69) is 4.90 Å². The van der Waals surface area contributed by atoms with Gasteiger partial charge in [-0.15, -0.1) is 0 Å². The molecule has 0 radical (unpaired) electrons. The van der Waals surface area contributed by atoms with Gasteiger partial charge in [-0.3, -0.25) is 14.5 Å². The number of unbranched alkanes of at least 4 members (excludes halogenated alkanes) is 3. The highest BCUT2D eigenvalue weighted by Gasteiger charge is 2.37. The number of rotatable bonds is 16. The number of quaternary nitrogens is 1. The van der Waals surface area contributed by atoms with Crippen LogP contribution in [0.25, 0.3) is 16.6 Å². The van der Waals surface area contributed by atoms with Gasteiger partial charge in [0, 0.05) is 73.8 Å². The summed E-state index contributed by atoms with van der Waals surface area (Å²) in [7, 11) is 0. The molecule has 0 saturated carbocycles. The molecule has 3 fully saturated rings. The van der Waals surface area contributed by atoms with E-state index in [0.717, 1.165) is 31.0 Å². The maximum atomic E-state index is 14.2. The van der Waals surface area contributed by atoms with Gasteiger partial charge in [0.25, 0.3) is 5.91 Å². The standard InChI is InChI=1S/C40H49F2N4O5.BrH/c1-4-44(31-22-29(41)21-30(42)23-31)40(48)37-28-45(32-24-34(49-5-2)26-35(25-32)50-6-3)38-27-33(11-12-36(38)39(37)47)51-20-10-8-7-9-16-46-17-13-43(14-18-46)15-19-46;/h11-12,21-28H,4-10,13-20H2,1-3H3;1H/q+1;/p-1. The molecule has 3 aliphatic rings. The molecule has 280 valence electrons. The van der Waals surface area contributed by atoms with Gasteiger partial charge in [-0.25, -0.2) is 8.78 Å². The smallest absolute Gasteiger partial charge is 0.263 e. The molecule has 3 aromatic carbocycles. The van der Waals surface area contributed by atoms with Gasteiger partial charge < -0.3 is 45.1 Å². The Morgan fingerprint density at radius 3 is 2.04 bits per heavy atom. The summed E-state index contributed by atoms with van der Waals surface area (Å²) < 4.78 is 49.3. The fraction of sp³-hybridized carbons (Fsp3) is 0.450. The zero-order valence-corrected chi connectivity index (χ0v) is 31.9. The molecule has 1 aromatic heterocycles. The van der Waals surface area contributed by atoms with Gasteiger partial charge in [0.15, 0.2) is 0 Å². The molecule has 4 heterocycles. The van der Waals surface area contributed by atoms with Crippen LogP contribution in [-0.4, -0.2) is 92.0 Å². The van der Waals surface area contributed by atoms with Gasteiger partial charge in [-0.2, -0.15) is 0 Å². The lowest BCUT2D eigenvalue weighted by Crippen LogP contribution is -3.00. The molecule has 3 saturated heterocycles. The highest BCUT2D eigenvalue weighted by atomic mass is 79.9. The Morgan fingerprint density at radius 2 is 1.42 bits per heavy atom. The van der Waals surface area contributed by atoms with Crippen LogP contribution in [0.1, 0.15) is 56.8 Å².